The van der Waals surface area contributed by atoms with Crippen molar-refractivity contribution in [2.75, 3.05) is 20.2 Å². The minimum absolute atomic E-state index is 0.0834. The number of methoxy groups -OCH3 is 1. The average molecular weight is 373 g/mol. The van der Waals surface area contributed by atoms with Gasteiger partial charge in [0.2, 0.25) is 5.78 Å². The number of Topliss-reactive ketones (excluding diaryl/α,β-unsaturated/α-hetero) is 1. The summed E-state index contributed by atoms with van der Waals surface area (Å²) in [6.07, 6.45) is 3.59. The van der Waals surface area contributed by atoms with Crippen LogP contribution < -0.4 is 4.90 Å². The topological polar surface area (TPSA) is 63.6 Å². The van der Waals surface area contributed by atoms with Crippen LogP contribution in [-0.2, 0) is 11.2 Å². The molecule has 2 atom stereocenters. The predicted octanol–water partition coefficient (Wildman–Crippen LogP) is 2.25. The molecule has 0 amide bonds. The quantitative estimate of drug-likeness (QED) is 0.624. The molecule has 1 fully saturated rings. The fourth-order valence-electron chi connectivity index (χ4n) is 4.43. The van der Waals surface area contributed by atoms with Crippen molar-refractivity contribution in [3.63, 3.8) is 0 Å². The molecule has 0 radical (unpaired) electrons. The number of aryl methyl sites for hydroxylation is 1. The summed E-state index contributed by atoms with van der Waals surface area (Å²) in [5.74, 6) is 0.406. The van der Waals surface area contributed by atoms with Crippen molar-refractivity contribution in [2.45, 2.75) is 39.2 Å². The molecule has 1 aliphatic carbocycles. The number of nitrogens with one attached hydrogen (secondary N) is 2. The zero-order chi connectivity index (χ0) is 18.4. The van der Waals surface area contributed by atoms with Crippen molar-refractivity contribution in [1.29, 1.82) is 0 Å². The molecule has 138 valence electrons. The van der Waals surface area contributed by atoms with E-state index in [1.165, 1.54) is 35.3 Å². The Morgan fingerprint density at radius 3 is 2.81 bits per heavy atom. The zero-order valence-electron chi connectivity index (χ0n) is 15.5. The Hall–Kier alpha value is -1.92. The second kappa shape index (κ2) is 6.67. The van der Waals surface area contributed by atoms with E-state index in [-0.39, 0.29) is 11.8 Å². The van der Waals surface area contributed by atoms with Crippen LogP contribution in [0.2, 0.25) is 0 Å². The van der Waals surface area contributed by atoms with Crippen LogP contribution in [0.3, 0.4) is 0 Å². The van der Waals surface area contributed by atoms with Gasteiger partial charge in [-0.15, -0.1) is 11.3 Å². The van der Waals surface area contributed by atoms with E-state index in [9.17, 15) is 9.59 Å². The van der Waals surface area contributed by atoms with Gasteiger partial charge in [-0.2, -0.15) is 0 Å². The summed E-state index contributed by atoms with van der Waals surface area (Å²) in [5, 5.41) is 2.19. The van der Waals surface area contributed by atoms with Gasteiger partial charge in [0.1, 0.15) is 12.6 Å². The highest BCUT2D eigenvalue weighted by atomic mass is 32.1. The lowest BCUT2D eigenvalue weighted by atomic mass is 9.95. The Kier molecular flexibility index (Phi) is 4.49. The van der Waals surface area contributed by atoms with Crippen LogP contribution in [0.1, 0.15) is 61.4 Å². The summed E-state index contributed by atoms with van der Waals surface area (Å²) >= 11 is 1.85. The molecule has 2 aromatic heterocycles. The number of hydrogen-bond donors (Lipinski definition) is 2. The first-order valence-electron chi connectivity index (χ1n) is 9.22. The normalized spacial score (nSPS) is 22.1. The Morgan fingerprint density at radius 2 is 2.12 bits per heavy atom. The van der Waals surface area contributed by atoms with Gasteiger partial charge in [0.15, 0.2) is 0 Å². The highest BCUT2D eigenvalue weighted by Crippen LogP contribution is 2.42. The zero-order valence-corrected chi connectivity index (χ0v) is 16.3. The second-order valence-corrected chi connectivity index (χ2v) is 8.49. The standard InChI is InChI=1S/C20H24N2O3S/c1-11-17(20(24)25-3)12(2)21-18(11)15(23)10-22-8-6-16-14(7-9-26-16)19(22)13-4-5-13/h7,9,13,19,21H,4-6,8,10H2,1-3H3/p+1/t19-/m0/s1. The Labute approximate surface area is 157 Å². The van der Waals surface area contributed by atoms with Gasteiger partial charge in [-0.3, -0.25) is 4.79 Å². The highest BCUT2D eigenvalue weighted by Gasteiger charge is 2.44. The highest BCUT2D eigenvalue weighted by molar-refractivity contribution is 7.10. The summed E-state index contributed by atoms with van der Waals surface area (Å²) in [6.45, 7) is 5.11. The van der Waals surface area contributed by atoms with Crippen molar-refractivity contribution >= 4 is 23.1 Å². The van der Waals surface area contributed by atoms with Crippen molar-refractivity contribution in [3.8, 4) is 0 Å². The molecule has 1 aliphatic heterocycles. The summed E-state index contributed by atoms with van der Waals surface area (Å²) in [4.78, 5) is 31.0. The van der Waals surface area contributed by atoms with Crippen LogP contribution in [0, 0.1) is 19.8 Å². The Morgan fingerprint density at radius 1 is 1.35 bits per heavy atom. The molecule has 0 aromatic carbocycles. The third kappa shape index (κ3) is 2.91. The van der Waals surface area contributed by atoms with Gasteiger partial charge in [0, 0.05) is 28.5 Å². The lowest BCUT2D eigenvalue weighted by Crippen LogP contribution is -3.14. The largest absolute Gasteiger partial charge is 0.465 e. The number of rotatable bonds is 5. The van der Waals surface area contributed by atoms with Gasteiger partial charge in [0.25, 0.3) is 0 Å². The molecule has 0 spiro atoms. The SMILES string of the molecule is COC(=O)c1c(C)[nH]c(C(=O)C[NH+]2CCc3sccc3[C@@H]2C2CC2)c1C. The summed E-state index contributed by atoms with van der Waals surface area (Å²) in [5.41, 5.74) is 3.91. The summed E-state index contributed by atoms with van der Waals surface area (Å²) < 4.78 is 4.85. The molecule has 26 heavy (non-hydrogen) atoms. The third-order valence-corrected chi connectivity index (χ3v) is 6.81. The number of esters is 1. The molecular formula is C20H25N2O3S+. The van der Waals surface area contributed by atoms with Crippen LogP contribution in [0.5, 0.6) is 0 Å². The molecule has 0 saturated heterocycles. The van der Waals surface area contributed by atoms with E-state index >= 15 is 0 Å². The molecule has 2 aliphatic rings. The number of aromatic amines is 1. The number of thiophene rings is 1. The average Bonchev–Trinajstić information content (AvgIpc) is 3.26. The van der Waals surface area contributed by atoms with Crippen molar-refractivity contribution in [1.82, 2.24) is 4.98 Å². The summed E-state index contributed by atoms with van der Waals surface area (Å²) in [7, 11) is 1.37. The van der Waals surface area contributed by atoms with Crippen LogP contribution in [0.25, 0.3) is 0 Å². The van der Waals surface area contributed by atoms with Crippen molar-refractivity contribution in [2.24, 2.45) is 5.92 Å². The molecule has 6 heteroatoms. The first kappa shape index (κ1) is 17.5. The number of fused-ring (bicyclic) bond motifs is 1. The summed E-state index contributed by atoms with van der Waals surface area (Å²) in [6, 6.07) is 2.71. The van der Waals surface area contributed by atoms with Crippen LogP contribution in [-0.4, -0.2) is 36.9 Å². The van der Waals surface area contributed by atoms with E-state index in [2.05, 4.69) is 16.4 Å². The minimum Gasteiger partial charge on any atom is -0.465 e. The van der Waals surface area contributed by atoms with E-state index in [4.69, 9.17) is 4.74 Å². The number of H-pyrrole nitrogens is 1. The van der Waals surface area contributed by atoms with E-state index < -0.39 is 0 Å². The number of hydrogen-bond acceptors (Lipinski definition) is 4. The molecule has 5 nitrogen and oxygen atoms in total. The van der Waals surface area contributed by atoms with Crippen LogP contribution >= 0.6 is 11.3 Å². The molecule has 1 unspecified atom stereocenters. The maximum Gasteiger partial charge on any atom is 0.339 e. The fraction of sp³-hybridized carbons (Fsp3) is 0.500. The van der Waals surface area contributed by atoms with Gasteiger partial charge in [-0.1, -0.05) is 0 Å². The Balaban J connectivity index is 1.58. The number of quaternary nitrogens is 1. The van der Waals surface area contributed by atoms with Gasteiger partial charge in [-0.05, 0) is 43.7 Å². The van der Waals surface area contributed by atoms with E-state index in [1.807, 2.05) is 25.2 Å². The second-order valence-electron chi connectivity index (χ2n) is 7.49. The smallest absolute Gasteiger partial charge is 0.339 e. The fourth-order valence-corrected chi connectivity index (χ4v) is 5.36. The third-order valence-electron chi connectivity index (χ3n) is 5.81. The number of ketones is 1. The van der Waals surface area contributed by atoms with Crippen molar-refractivity contribution < 1.29 is 19.2 Å². The van der Waals surface area contributed by atoms with Gasteiger partial charge in [-0.25, -0.2) is 4.79 Å². The van der Waals surface area contributed by atoms with E-state index in [0.29, 0.717) is 41.0 Å². The van der Waals surface area contributed by atoms with Crippen LogP contribution in [0.4, 0.5) is 0 Å². The van der Waals surface area contributed by atoms with Crippen molar-refractivity contribution in [3.05, 3.63) is 44.4 Å². The lowest BCUT2D eigenvalue weighted by Gasteiger charge is -2.32. The van der Waals surface area contributed by atoms with E-state index in [0.717, 1.165) is 13.0 Å². The van der Waals surface area contributed by atoms with E-state index in [1.54, 1.807) is 0 Å². The lowest BCUT2D eigenvalue weighted by molar-refractivity contribution is -0.928. The number of carbonyl (C=O) groups excluding carboxylic acids is 2. The number of ether oxygens (including phenoxy) is 1. The molecule has 0 bridgehead atoms. The van der Waals surface area contributed by atoms with Crippen LogP contribution in [0.15, 0.2) is 11.4 Å². The Bertz CT molecular complexity index is 863. The first-order chi connectivity index (χ1) is 12.5. The molecule has 1 saturated carbocycles. The number of aromatic nitrogens is 1. The molecular weight excluding hydrogens is 348 g/mol. The van der Waals surface area contributed by atoms with Gasteiger partial charge < -0.3 is 14.6 Å². The first-order valence-corrected chi connectivity index (χ1v) is 10.1. The monoisotopic (exact) mass is 373 g/mol. The molecule has 4 rings (SSSR count). The van der Waals surface area contributed by atoms with Gasteiger partial charge >= 0.3 is 5.97 Å². The molecule has 3 heterocycles. The molecule has 2 aromatic rings. The van der Waals surface area contributed by atoms with Gasteiger partial charge in [0.05, 0.1) is 24.9 Å². The maximum atomic E-state index is 13.0. The predicted molar refractivity (Wildman–Crippen MR) is 100 cm³/mol. The molecule has 2 N–H and O–H groups in total. The minimum atomic E-state index is -0.389. The maximum absolute atomic E-state index is 13.0. The number of carbonyl (C=O) groups is 2.